The van der Waals surface area contributed by atoms with Crippen LogP contribution in [0.15, 0.2) is 11.0 Å². The monoisotopic (exact) mass is 376 g/mol. The number of ether oxygens (including phenoxy) is 1. The summed E-state index contributed by atoms with van der Waals surface area (Å²) in [5, 5.41) is 3.19. The Balaban J connectivity index is 1.97. The molecule has 1 fully saturated rings. The summed E-state index contributed by atoms with van der Waals surface area (Å²) in [5.41, 5.74) is -2.54. The molecule has 1 aliphatic heterocycles. The molecule has 2 heterocycles. The lowest BCUT2D eigenvalue weighted by Gasteiger charge is -2.34. The fourth-order valence-corrected chi connectivity index (χ4v) is 2.58. The smallest absolute Gasteiger partial charge is 0.434 e. The Kier molecular flexibility index (Phi) is 5.94. The van der Waals surface area contributed by atoms with Crippen molar-refractivity contribution in [2.24, 2.45) is 0 Å². The first kappa shape index (κ1) is 20.2. The van der Waals surface area contributed by atoms with Crippen molar-refractivity contribution < 1.29 is 22.7 Å². The average molecular weight is 376 g/mol. The van der Waals surface area contributed by atoms with Gasteiger partial charge in [0.05, 0.1) is 0 Å². The highest BCUT2D eigenvalue weighted by Gasteiger charge is 2.33. The number of H-pyrrole nitrogens is 1. The lowest BCUT2D eigenvalue weighted by molar-refractivity contribution is -0.141. The summed E-state index contributed by atoms with van der Waals surface area (Å²) >= 11 is 0. The summed E-state index contributed by atoms with van der Waals surface area (Å²) in [6, 6.07) is -0.160. The number of amides is 1. The number of nitrogens with one attached hydrogen (secondary N) is 2. The quantitative estimate of drug-likeness (QED) is 0.842. The van der Waals surface area contributed by atoms with Gasteiger partial charge in [0.2, 0.25) is 0 Å². The molecule has 2 N–H and O–H groups in total. The highest BCUT2D eigenvalue weighted by atomic mass is 19.4. The van der Waals surface area contributed by atoms with Gasteiger partial charge in [0.25, 0.3) is 5.56 Å². The van der Waals surface area contributed by atoms with Gasteiger partial charge in [0.15, 0.2) is 5.69 Å². The van der Waals surface area contributed by atoms with Gasteiger partial charge in [-0.3, -0.25) is 4.79 Å². The number of piperazine rings is 1. The first-order valence-corrected chi connectivity index (χ1v) is 8.33. The lowest BCUT2D eigenvalue weighted by atomic mass is 10.1. The van der Waals surface area contributed by atoms with Gasteiger partial charge in [-0.05, 0) is 33.6 Å². The van der Waals surface area contributed by atoms with E-state index in [4.69, 9.17) is 4.74 Å². The van der Waals surface area contributed by atoms with E-state index in [1.807, 2.05) is 0 Å². The van der Waals surface area contributed by atoms with Crippen molar-refractivity contribution in [3.8, 4) is 0 Å². The number of hydrogen-bond acceptors (Lipinski definition) is 5. The van der Waals surface area contributed by atoms with Crippen molar-refractivity contribution in [1.82, 2.24) is 20.2 Å². The van der Waals surface area contributed by atoms with E-state index in [0.717, 1.165) is 0 Å². The maximum absolute atomic E-state index is 12.7. The third-order valence-electron chi connectivity index (χ3n) is 3.78. The Hall–Kier alpha value is -2.10. The molecule has 0 saturated carbocycles. The number of carbonyl (C=O) groups is 1. The van der Waals surface area contributed by atoms with Crippen LogP contribution in [0.3, 0.4) is 0 Å². The summed E-state index contributed by atoms with van der Waals surface area (Å²) < 4.78 is 43.5. The zero-order chi connectivity index (χ0) is 19.5. The topological polar surface area (TPSA) is 87.3 Å². The number of aryl methyl sites for hydroxylation is 1. The van der Waals surface area contributed by atoms with Crippen LogP contribution in [-0.4, -0.2) is 52.2 Å². The van der Waals surface area contributed by atoms with Gasteiger partial charge in [0, 0.05) is 31.9 Å². The van der Waals surface area contributed by atoms with Crippen LogP contribution >= 0.6 is 0 Å². The summed E-state index contributed by atoms with van der Waals surface area (Å²) in [4.78, 5) is 30.9. The third kappa shape index (κ3) is 5.72. The van der Waals surface area contributed by atoms with E-state index >= 15 is 0 Å². The largest absolute Gasteiger partial charge is 0.444 e. The van der Waals surface area contributed by atoms with Crippen LogP contribution in [0.1, 0.15) is 38.6 Å². The molecular weight excluding hydrogens is 353 g/mol. The predicted octanol–water partition coefficient (Wildman–Crippen LogP) is 1.93. The van der Waals surface area contributed by atoms with E-state index in [9.17, 15) is 22.8 Å². The maximum Gasteiger partial charge on any atom is 0.434 e. The molecule has 1 atom stereocenters. The van der Waals surface area contributed by atoms with Crippen LogP contribution in [0.5, 0.6) is 0 Å². The molecule has 7 nitrogen and oxygen atoms in total. The zero-order valence-electron chi connectivity index (χ0n) is 14.9. The van der Waals surface area contributed by atoms with Gasteiger partial charge in [-0.15, -0.1) is 0 Å². The summed E-state index contributed by atoms with van der Waals surface area (Å²) in [7, 11) is 0. The third-order valence-corrected chi connectivity index (χ3v) is 3.78. The number of nitrogens with zero attached hydrogens (tertiary/aromatic N) is 2. The Morgan fingerprint density at radius 1 is 1.38 bits per heavy atom. The number of carbonyl (C=O) groups excluding carboxylic acids is 1. The minimum Gasteiger partial charge on any atom is -0.444 e. The SMILES string of the molecule is CC(C)(C)OC(=O)N1CCNC(CCc2nc(C(F)(F)F)c[nH]c2=O)C1. The number of halogens is 3. The molecule has 10 heteroatoms. The van der Waals surface area contributed by atoms with E-state index in [-0.39, 0.29) is 18.2 Å². The van der Waals surface area contributed by atoms with E-state index in [1.165, 1.54) is 0 Å². The van der Waals surface area contributed by atoms with E-state index in [0.29, 0.717) is 32.3 Å². The second kappa shape index (κ2) is 7.65. The van der Waals surface area contributed by atoms with Gasteiger partial charge < -0.3 is 19.9 Å². The number of alkyl halides is 3. The average Bonchev–Trinajstić information content (AvgIpc) is 2.51. The Bertz CT molecular complexity index is 697. The molecule has 0 aliphatic carbocycles. The molecular formula is C16H23F3N4O3. The second-order valence-electron chi connectivity index (χ2n) is 7.18. The summed E-state index contributed by atoms with van der Waals surface area (Å²) in [6.07, 6.45) is -4.04. The van der Waals surface area contributed by atoms with Crippen molar-refractivity contribution >= 4 is 6.09 Å². The molecule has 1 saturated heterocycles. The van der Waals surface area contributed by atoms with Gasteiger partial charge in [-0.2, -0.15) is 13.2 Å². The molecule has 1 aliphatic rings. The maximum atomic E-state index is 12.7. The van der Waals surface area contributed by atoms with Crippen molar-refractivity contribution in [3.63, 3.8) is 0 Å². The zero-order valence-corrected chi connectivity index (χ0v) is 14.9. The van der Waals surface area contributed by atoms with Crippen LogP contribution < -0.4 is 10.9 Å². The number of aromatic nitrogens is 2. The molecule has 1 aromatic heterocycles. The molecule has 0 aromatic carbocycles. The van der Waals surface area contributed by atoms with E-state index in [1.54, 1.807) is 25.7 Å². The predicted molar refractivity (Wildman–Crippen MR) is 87.8 cm³/mol. The molecule has 0 spiro atoms. The number of rotatable bonds is 3. The molecule has 2 rings (SSSR count). The van der Waals surface area contributed by atoms with E-state index in [2.05, 4.69) is 15.3 Å². The van der Waals surface area contributed by atoms with Crippen LogP contribution in [0, 0.1) is 0 Å². The molecule has 1 aromatic rings. The van der Waals surface area contributed by atoms with Crippen molar-refractivity contribution in [3.05, 3.63) is 27.9 Å². The van der Waals surface area contributed by atoms with Crippen molar-refractivity contribution in [2.75, 3.05) is 19.6 Å². The fraction of sp³-hybridized carbons (Fsp3) is 0.688. The highest BCUT2D eigenvalue weighted by Crippen LogP contribution is 2.26. The Morgan fingerprint density at radius 2 is 2.08 bits per heavy atom. The molecule has 0 radical (unpaired) electrons. The second-order valence-corrected chi connectivity index (χ2v) is 7.18. The van der Waals surface area contributed by atoms with Crippen LogP contribution in [0.25, 0.3) is 0 Å². The van der Waals surface area contributed by atoms with E-state index < -0.39 is 29.1 Å². The molecule has 26 heavy (non-hydrogen) atoms. The summed E-state index contributed by atoms with van der Waals surface area (Å²) in [5.74, 6) is 0. The Labute approximate surface area is 148 Å². The number of hydrogen-bond donors (Lipinski definition) is 2. The van der Waals surface area contributed by atoms with Gasteiger partial charge in [-0.25, -0.2) is 9.78 Å². The van der Waals surface area contributed by atoms with Crippen molar-refractivity contribution in [1.29, 1.82) is 0 Å². The molecule has 0 bridgehead atoms. The molecule has 146 valence electrons. The summed E-state index contributed by atoms with van der Waals surface area (Å²) in [6.45, 7) is 6.69. The standard InChI is InChI=1S/C16H23F3N4O3/c1-15(2,3)26-14(25)23-7-6-20-10(9-23)4-5-11-13(24)21-8-12(22-11)16(17,18)19/h8,10,20H,4-7,9H2,1-3H3,(H,21,24). The first-order valence-electron chi connectivity index (χ1n) is 8.33. The Morgan fingerprint density at radius 3 is 2.69 bits per heavy atom. The minimum absolute atomic E-state index is 0.0685. The van der Waals surface area contributed by atoms with Gasteiger partial charge in [0.1, 0.15) is 11.3 Å². The van der Waals surface area contributed by atoms with Gasteiger partial charge in [-0.1, -0.05) is 0 Å². The van der Waals surface area contributed by atoms with Crippen LogP contribution in [-0.2, 0) is 17.3 Å². The first-order chi connectivity index (χ1) is 12.0. The fourth-order valence-electron chi connectivity index (χ4n) is 2.58. The van der Waals surface area contributed by atoms with Crippen LogP contribution in [0.2, 0.25) is 0 Å². The lowest BCUT2D eigenvalue weighted by Crippen LogP contribution is -2.53. The number of aromatic amines is 1. The van der Waals surface area contributed by atoms with Crippen molar-refractivity contribution in [2.45, 2.75) is 51.4 Å². The normalized spacial score (nSPS) is 18.7. The molecule has 1 unspecified atom stereocenters. The van der Waals surface area contributed by atoms with Gasteiger partial charge >= 0.3 is 12.3 Å². The van der Waals surface area contributed by atoms with Crippen LogP contribution in [0.4, 0.5) is 18.0 Å². The minimum atomic E-state index is -4.62. The molecule has 1 amide bonds. The highest BCUT2D eigenvalue weighted by molar-refractivity contribution is 5.68.